The Morgan fingerprint density at radius 1 is 1.56 bits per heavy atom. The number of alkyl halides is 2. The molecule has 0 aliphatic carbocycles. The highest BCUT2D eigenvalue weighted by Gasteiger charge is 2.19. The van der Waals surface area contributed by atoms with Crippen LogP contribution < -0.4 is 5.56 Å². The monoisotopic (exact) mass is 292 g/mol. The van der Waals surface area contributed by atoms with Crippen molar-refractivity contribution >= 4 is 39.3 Å². The normalized spacial score (nSPS) is 11.3. The number of carboxylic acid groups (broad SMARTS) is 1. The van der Waals surface area contributed by atoms with E-state index in [1.54, 1.807) is 0 Å². The van der Waals surface area contributed by atoms with Gasteiger partial charge in [0.1, 0.15) is 9.71 Å². The molecule has 0 aliphatic rings. The van der Waals surface area contributed by atoms with E-state index in [0.717, 1.165) is 11.3 Å². The summed E-state index contributed by atoms with van der Waals surface area (Å²) in [5.74, 6) is -3.87. The van der Waals surface area contributed by atoms with Crippen LogP contribution in [-0.4, -0.2) is 26.8 Å². The molecule has 0 unspecified atom stereocenters. The summed E-state index contributed by atoms with van der Waals surface area (Å²) in [5, 5.41) is 8.83. The van der Waals surface area contributed by atoms with Crippen LogP contribution in [0, 0.1) is 6.92 Å². The topological polar surface area (TPSA) is 83.0 Å². The smallest absolute Gasteiger partial charge is 0.346 e. The number of fused-ring (bicyclic) bond motifs is 1. The van der Waals surface area contributed by atoms with Gasteiger partial charge in [-0.15, -0.1) is 11.3 Å². The standard InChI is InChI=1S/C9H6F2N2O3S2/c1-2-3-5(14)12-9(18-8(10)11)13-6(3)17-4(2)7(15)16/h8H,1H3,(H,15,16)(H,12,13,14). The number of carbonyl (C=O) groups is 1. The van der Waals surface area contributed by atoms with Gasteiger partial charge in [0.05, 0.1) is 5.39 Å². The fraction of sp³-hybridized carbons (Fsp3) is 0.222. The van der Waals surface area contributed by atoms with Crippen molar-refractivity contribution in [2.75, 3.05) is 0 Å². The Bertz CT molecular complexity index is 680. The lowest BCUT2D eigenvalue weighted by Gasteiger charge is -1.98. The minimum Gasteiger partial charge on any atom is -0.477 e. The number of aromatic nitrogens is 2. The van der Waals surface area contributed by atoms with E-state index in [1.807, 2.05) is 0 Å². The zero-order chi connectivity index (χ0) is 13.4. The number of carboxylic acids is 1. The van der Waals surface area contributed by atoms with Crippen LogP contribution >= 0.6 is 23.1 Å². The highest BCUT2D eigenvalue weighted by molar-refractivity contribution is 7.99. The molecule has 5 nitrogen and oxygen atoms in total. The maximum atomic E-state index is 12.2. The Balaban J connectivity index is 2.67. The summed E-state index contributed by atoms with van der Waals surface area (Å²) in [7, 11) is 0. The molecule has 0 saturated heterocycles. The average Bonchev–Trinajstić information content (AvgIpc) is 2.55. The first-order valence-electron chi connectivity index (χ1n) is 4.61. The Labute approximate surface area is 107 Å². The van der Waals surface area contributed by atoms with Gasteiger partial charge in [-0.3, -0.25) is 4.79 Å². The minimum absolute atomic E-state index is 0.0119. The number of thioether (sulfide) groups is 1. The number of aromatic carboxylic acids is 1. The van der Waals surface area contributed by atoms with Crippen molar-refractivity contribution in [1.82, 2.24) is 9.97 Å². The molecular formula is C9H6F2N2O3S2. The number of rotatable bonds is 3. The maximum Gasteiger partial charge on any atom is 0.346 e. The molecule has 0 saturated carbocycles. The first kappa shape index (κ1) is 13.0. The van der Waals surface area contributed by atoms with Crippen LogP contribution in [0.3, 0.4) is 0 Å². The zero-order valence-corrected chi connectivity index (χ0v) is 10.5. The van der Waals surface area contributed by atoms with Gasteiger partial charge in [0.2, 0.25) is 0 Å². The van der Waals surface area contributed by atoms with Gasteiger partial charge in [0.25, 0.3) is 11.3 Å². The third-order valence-electron chi connectivity index (χ3n) is 2.17. The lowest BCUT2D eigenvalue weighted by molar-refractivity contribution is 0.0701. The molecule has 2 heterocycles. The number of aryl methyl sites for hydroxylation is 1. The van der Waals surface area contributed by atoms with Crippen molar-refractivity contribution in [1.29, 1.82) is 0 Å². The van der Waals surface area contributed by atoms with Crippen molar-refractivity contribution in [2.45, 2.75) is 17.8 Å². The summed E-state index contributed by atoms with van der Waals surface area (Å²) in [6, 6.07) is 0. The third kappa shape index (κ3) is 2.23. The van der Waals surface area contributed by atoms with E-state index in [-0.39, 0.29) is 32.0 Å². The van der Waals surface area contributed by atoms with E-state index >= 15 is 0 Å². The molecule has 2 N–H and O–H groups in total. The van der Waals surface area contributed by atoms with E-state index in [0.29, 0.717) is 5.56 Å². The third-order valence-corrected chi connectivity index (χ3v) is 3.94. The van der Waals surface area contributed by atoms with Gasteiger partial charge in [-0.2, -0.15) is 8.78 Å². The van der Waals surface area contributed by atoms with E-state index in [4.69, 9.17) is 5.11 Å². The van der Waals surface area contributed by atoms with Crippen LogP contribution in [0.5, 0.6) is 0 Å². The molecule has 96 valence electrons. The Kier molecular flexibility index (Phi) is 3.35. The molecule has 0 atom stereocenters. The largest absolute Gasteiger partial charge is 0.477 e. The second-order valence-electron chi connectivity index (χ2n) is 3.29. The van der Waals surface area contributed by atoms with Gasteiger partial charge >= 0.3 is 5.97 Å². The fourth-order valence-electron chi connectivity index (χ4n) is 1.47. The van der Waals surface area contributed by atoms with E-state index in [9.17, 15) is 18.4 Å². The van der Waals surface area contributed by atoms with Gasteiger partial charge in [-0.25, -0.2) is 9.78 Å². The molecule has 0 aliphatic heterocycles. The van der Waals surface area contributed by atoms with Crippen LogP contribution in [0.25, 0.3) is 10.2 Å². The zero-order valence-electron chi connectivity index (χ0n) is 8.86. The second-order valence-corrected chi connectivity index (χ2v) is 5.27. The maximum absolute atomic E-state index is 12.2. The molecular weight excluding hydrogens is 286 g/mol. The van der Waals surface area contributed by atoms with Gasteiger partial charge in [-0.1, -0.05) is 0 Å². The molecule has 0 aromatic carbocycles. The molecule has 2 aromatic rings. The van der Waals surface area contributed by atoms with E-state index in [2.05, 4.69) is 9.97 Å². The predicted molar refractivity (Wildman–Crippen MR) is 63.8 cm³/mol. The van der Waals surface area contributed by atoms with Gasteiger partial charge in [0, 0.05) is 0 Å². The number of H-pyrrole nitrogens is 1. The highest BCUT2D eigenvalue weighted by Crippen LogP contribution is 2.29. The Morgan fingerprint density at radius 3 is 2.78 bits per heavy atom. The van der Waals surface area contributed by atoms with Gasteiger partial charge in [-0.05, 0) is 24.2 Å². The van der Waals surface area contributed by atoms with Crippen molar-refractivity contribution in [3.8, 4) is 0 Å². The molecule has 18 heavy (non-hydrogen) atoms. The van der Waals surface area contributed by atoms with Crippen LogP contribution in [0.4, 0.5) is 8.78 Å². The first-order chi connectivity index (χ1) is 8.40. The first-order valence-corrected chi connectivity index (χ1v) is 6.31. The summed E-state index contributed by atoms with van der Waals surface area (Å²) in [5.41, 5.74) is -0.311. The minimum atomic E-state index is -2.70. The fourth-order valence-corrected chi connectivity index (χ4v) is 3.01. The number of halogens is 2. The number of thiophene rings is 1. The average molecular weight is 292 g/mol. The lowest BCUT2D eigenvalue weighted by atomic mass is 10.2. The van der Waals surface area contributed by atoms with E-state index < -0.39 is 17.3 Å². The summed E-state index contributed by atoms with van der Waals surface area (Å²) in [6.07, 6.45) is 0. The molecule has 0 fully saturated rings. The number of aromatic amines is 1. The van der Waals surface area contributed by atoms with Crippen molar-refractivity contribution in [3.63, 3.8) is 0 Å². The Hall–Kier alpha value is -1.48. The highest BCUT2D eigenvalue weighted by atomic mass is 32.2. The predicted octanol–water partition coefficient (Wildman–Crippen LogP) is 2.31. The van der Waals surface area contributed by atoms with Crippen LogP contribution in [0.15, 0.2) is 9.95 Å². The summed E-state index contributed by atoms with van der Waals surface area (Å²) in [6.45, 7) is 1.49. The second kappa shape index (κ2) is 4.65. The van der Waals surface area contributed by atoms with Gasteiger partial charge < -0.3 is 10.1 Å². The Morgan fingerprint density at radius 2 is 2.22 bits per heavy atom. The molecule has 0 bridgehead atoms. The molecule has 2 rings (SSSR count). The molecule has 0 spiro atoms. The van der Waals surface area contributed by atoms with Crippen molar-refractivity contribution < 1.29 is 18.7 Å². The number of nitrogens with one attached hydrogen (secondary N) is 1. The number of hydrogen-bond donors (Lipinski definition) is 2. The summed E-state index contributed by atoms with van der Waals surface area (Å²) in [4.78, 5) is 28.8. The van der Waals surface area contributed by atoms with Crippen LogP contribution in [-0.2, 0) is 0 Å². The summed E-state index contributed by atoms with van der Waals surface area (Å²) < 4.78 is 24.4. The molecule has 0 amide bonds. The van der Waals surface area contributed by atoms with Crippen LogP contribution in [0.2, 0.25) is 0 Å². The lowest BCUT2D eigenvalue weighted by Crippen LogP contribution is -2.09. The molecule has 0 radical (unpaired) electrons. The van der Waals surface area contributed by atoms with Crippen molar-refractivity contribution in [3.05, 3.63) is 20.8 Å². The quantitative estimate of drug-likeness (QED) is 0.670. The number of hydrogen-bond acceptors (Lipinski definition) is 5. The van der Waals surface area contributed by atoms with Gasteiger partial charge in [0.15, 0.2) is 5.16 Å². The molecule has 2 aromatic heterocycles. The van der Waals surface area contributed by atoms with Crippen molar-refractivity contribution in [2.24, 2.45) is 0 Å². The SMILES string of the molecule is Cc1c(C(=O)O)sc2nc(SC(F)F)[nH]c(=O)c12. The van der Waals surface area contributed by atoms with E-state index in [1.165, 1.54) is 6.92 Å². The van der Waals surface area contributed by atoms with Crippen LogP contribution in [0.1, 0.15) is 15.2 Å². The number of nitrogens with zero attached hydrogens (tertiary/aromatic N) is 1. The summed E-state index contributed by atoms with van der Waals surface area (Å²) >= 11 is 0.909. The molecule has 9 heteroatoms.